The largest absolute Gasteiger partial charge is 0.370 e. The molecule has 10 rings (SSSR count). The lowest BCUT2D eigenvalue weighted by molar-refractivity contribution is -0.143. The van der Waals surface area contributed by atoms with Crippen LogP contribution in [0, 0.1) is 28.1 Å². The van der Waals surface area contributed by atoms with Gasteiger partial charge in [-0.3, -0.25) is 73.8 Å². The number of likely N-dealkylation sites (tertiary alicyclic amines) is 2. The molecule has 12 amide bonds. The van der Waals surface area contributed by atoms with Crippen LogP contribution in [0.25, 0.3) is 43.6 Å². The van der Waals surface area contributed by atoms with Crippen molar-refractivity contribution in [3.63, 3.8) is 0 Å². The Morgan fingerprint density at radius 1 is 0.403 bits per heavy atom. The van der Waals surface area contributed by atoms with Gasteiger partial charge in [-0.05, 0) is 148 Å². The molecule has 13 atom stereocenters. The zero-order valence-electron chi connectivity index (χ0n) is 73.6. The van der Waals surface area contributed by atoms with E-state index in [1.165, 1.54) is 9.80 Å². The number of aromatic nitrogens is 4. The number of carbonyl (C=O) groups excluding carboxylic acids is 12. The van der Waals surface area contributed by atoms with E-state index in [9.17, 15) is 24.0 Å². The highest BCUT2D eigenvalue weighted by atomic mass is 16.2. The third-order valence-corrected chi connectivity index (χ3v) is 23.9. The van der Waals surface area contributed by atoms with E-state index in [-0.39, 0.29) is 152 Å². The Hall–Kier alpha value is -13.6. The van der Waals surface area contributed by atoms with Crippen molar-refractivity contribution in [1.82, 2.24) is 93.5 Å². The number of H-pyrrole nitrogens is 4. The van der Waals surface area contributed by atoms with Crippen molar-refractivity contribution in [2.24, 2.45) is 46.2 Å². The molecule has 0 spiro atoms. The van der Waals surface area contributed by atoms with E-state index >= 15 is 33.6 Å². The van der Waals surface area contributed by atoms with Gasteiger partial charge in [0.1, 0.15) is 66.5 Å². The van der Waals surface area contributed by atoms with E-state index in [2.05, 4.69) is 83.7 Å². The molecule has 0 unspecified atom stereocenters. The van der Waals surface area contributed by atoms with Crippen LogP contribution in [0.2, 0.25) is 0 Å². The lowest BCUT2D eigenvalue weighted by Gasteiger charge is -2.32. The molecule has 31 N–H and O–H groups in total. The van der Waals surface area contributed by atoms with Crippen molar-refractivity contribution in [3.05, 3.63) is 144 Å². The first kappa shape index (κ1) is 97.6. The Kier molecular flexibility index (Phi) is 35.8. The SMILES string of the molecule is CC[C@@H](C)[C@@H](NC(=O)[C@@H](CC(C)C)NC(=O)[C@@H](CCCNC(=N)N)NC(=O)[C@@H](Cc1c[nH]c2ccccc12)NC(=O)[C@H]1CCCN1C(=O)[C@@H](Cc1c[nH]c2ccccc12)NC(=O)[C@@H](Cc1c[nH]c2ccccc12)NC(=O)[C@H]1CCCN1C(=O)[C@@H](Cc1c[nH]c2ccccc12)NC(=O)[C@@H](CCCNC(=N)N)NC(=O)[C@@H](CCCNC(=N)N)NC(=O)[C@H](N)CCCCN)C(N)=O. The number of nitrogens with zero attached hydrogens (tertiary/aromatic N) is 2. The number of amides is 12. The summed E-state index contributed by atoms with van der Waals surface area (Å²) >= 11 is 0. The van der Waals surface area contributed by atoms with Gasteiger partial charge in [-0.25, -0.2) is 0 Å². The van der Waals surface area contributed by atoms with Gasteiger partial charge in [0.15, 0.2) is 17.9 Å². The predicted octanol–water partition coefficient (Wildman–Crippen LogP) is 1.05. The molecular weight excluding hydrogens is 1650 g/mol. The van der Waals surface area contributed by atoms with Gasteiger partial charge in [0, 0.05) is 127 Å². The number of nitrogens with one attached hydrogen (secondary N) is 19. The van der Waals surface area contributed by atoms with Gasteiger partial charge in [0.2, 0.25) is 70.9 Å². The highest BCUT2D eigenvalue weighted by molar-refractivity contribution is 6.02. The first-order chi connectivity index (χ1) is 61.9. The van der Waals surface area contributed by atoms with E-state index in [0.29, 0.717) is 71.8 Å². The van der Waals surface area contributed by atoms with Crippen molar-refractivity contribution >= 4 is 132 Å². The molecule has 2 saturated heterocycles. The maximum Gasteiger partial charge on any atom is 0.246 e. The summed E-state index contributed by atoms with van der Waals surface area (Å²) < 4.78 is 0. The molecule has 2 fully saturated rings. The van der Waals surface area contributed by atoms with Crippen molar-refractivity contribution < 1.29 is 57.5 Å². The first-order valence-corrected chi connectivity index (χ1v) is 44.4. The Labute approximate surface area is 747 Å². The number of rotatable bonds is 49. The summed E-state index contributed by atoms with van der Waals surface area (Å²) in [5, 5.41) is 60.2. The number of carbonyl (C=O) groups is 12. The minimum absolute atomic E-state index is 0.0100. The zero-order valence-corrected chi connectivity index (χ0v) is 73.6. The predicted molar refractivity (Wildman–Crippen MR) is 491 cm³/mol. The molecule has 39 nitrogen and oxygen atoms in total. The molecule has 6 heterocycles. The molecule has 0 aliphatic carbocycles. The number of primary amides is 1. The van der Waals surface area contributed by atoms with Gasteiger partial charge in [0.05, 0.1) is 6.04 Å². The minimum atomic E-state index is -1.48. The Morgan fingerprint density at radius 2 is 0.721 bits per heavy atom. The smallest absolute Gasteiger partial charge is 0.246 e. The second-order valence-electron chi connectivity index (χ2n) is 33.9. The molecule has 0 bridgehead atoms. The molecular formula is C90H127N27O12. The van der Waals surface area contributed by atoms with Crippen molar-refractivity contribution in [3.8, 4) is 0 Å². The number of para-hydroxylation sites is 4. The normalized spacial score (nSPS) is 16.4. The first-order valence-electron chi connectivity index (χ1n) is 44.4. The summed E-state index contributed by atoms with van der Waals surface area (Å²) in [7, 11) is 0. The third-order valence-electron chi connectivity index (χ3n) is 23.9. The van der Waals surface area contributed by atoms with Crippen molar-refractivity contribution in [1.29, 1.82) is 16.2 Å². The Morgan fingerprint density at radius 3 is 1.05 bits per heavy atom. The van der Waals surface area contributed by atoms with Crippen LogP contribution in [0.3, 0.4) is 0 Å². The molecule has 8 aromatic rings. The summed E-state index contributed by atoms with van der Waals surface area (Å²) in [5.41, 5.74) is 39.9. The van der Waals surface area contributed by atoms with Crippen LogP contribution in [0.5, 0.6) is 0 Å². The van der Waals surface area contributed by atoms with Crippen LogP contribution in [0.1, 0.15) is 146 Å². The fourth-order valence-electron chi connectivity index (χ4n) is 16.8. The van der Waals surface area contributed by atoms with Crippen LogP contribution in [-0.2, 0) is 83.2 Å². The molecule has 4 aromatic heterocycles. The number of benzene rings is 4. The summed E-state index contributed by atoms with van der Waals surface area (Å²) in [4.78, 5) is 195. The van der Waals surface area contributed by atoms with Gasteiger partial charge >= 0.3 is 0 Å². The highest BCUT2D eigenvalue weighted by Crippen LogP contribution is 2.29. The maximum atomic E-state index is 16.1. The second-order valence-corrected chi connectivity index (χ2v) is 33.9. The standard InChI is InChI=1S/C90H127N27O12/c1-5-51(4)75(76(93)118)115-83(125)68(41-50(2)3)110-79(121)66(31-17-37-101-89(96)97)109-81(123)69(42-52-46-103-61-26-10-6-21-56(52)61)111-84(126)73-33-20-40-117(73)87(129)72(45-55-49-106-64-29-13-9-24-59(55)64)114-82(124)70(43-53-47-104-62-27-11-7-22-57(53)62)112-85(127)74-34-19-39-116(74)86(128)71(44-54-48-105-63-28-12-8-23-58(54)63)113-80(122)67(32-18-38-102-90(98)99)108-78(120)65(30-16-36-100-88(94)95)107-77(119)60(92)25-14-15-35-91/h6-13,21-24,26-29,46-51,60,65-75,103-106H,5,14-20,25,30-45,91-92H2,1-4H3,(H2,93,118)(H,107,119)(H,108,120)(H,109,123)(H,110,121)(H,111,126)(H,112,127)(H,113,122)(H,114,124)(H,115,125)(H4,94,95,100)(H4,96,97,101)(H4,98,99,102)/t51-,60-,65-,66-,67-,68-,69-,70-,71-,72-,73-,74-,75-/m1/s1. The molecule has 0 saturated carbocycles. The summed E-state index contributed by atoms with van der Waals surface area (Å²) in [5.74, 6) is -10.4. The van der Waals surface area contributed by atoms with Crippen molar-refractivity contribution in [2.75, 3.05) is 39.3 Å². The van der Waals surface area contributed by atoms with Crippen molar-refractivity contribution in [2.45, 2.75) is 222 Å². The van der Waals surface area contributed by atoms with Crippen LogP contribution in [0.15, 0.2) is 122 Å². The van der Waals surface area contributed by atoms with E-state index in [4.69, 9.17) is 50.6 Å². The molecule has 2 aliphatic rings. The molecule has 39 heteroatoms. The molecule has 4 aromatic carbocycles. The third kappa shape index (κ3) is 27.2. The van der Waals surface area contributed by atoms with E-state index < -0.39 is 143 Å². The average molecular weight is 1780 g/mol. The lowest BCUT2D eigenvalue weighted by atomic mass is 9.97. The summed E-state index contributed by atoms with van der Waals surface area (Å²) in [6, 6.07) is 13.7. The van der Waals surface area contributed by atoms with Crippen LogP contribution >= 0.6 is 0 Å². The van der Waals surface area contributed by atoms with Gasteiger partial charge < -0.3 is 128 Å². The molecule has 0 radical (unpaired) electrons. The number of hydrogen-bond donors (Lipinski definition) is 25. The number of unbranched alkanes of at least 4 members (excludes halogenated alkanes) is 1. The summed E-state index contributed by atoms with van der Waals surface area (Å²) in [6.07, 6.45) is 9.50. The monoisotopic (exact) mass is 1780 g/mol. The van der Waals surface area contributed by atoms with Gasteiger partial charge in [-0.15, -0.1) is 0 Å². The Balaban J connectivity index is 0.941. The van der Waals surface area contributed by atoms with Gasteiger partial charge in [-0.2, -0.15) is 0 Å². The van der Waals surface area contributed by atoms with Crippen LogP contribution in [-0.4, -0.2) is 230 Å². The maximum absolute atomic E-state index is 16.1. The van der Waals surface area contributed by atoms with E-state index in [1.807, 2.05) is 118 Å². The van der Waals surface area contributed by atoms with E-state index in [0.717, 1.165) is 32.7 Å². The van der Waals surface area contributed by atoms with E-state index in [1.54, 1.807) is 31.7 Å². The van der Waals surface area contributed by atoms with Crippen LogP contribution < -0.4 is 98.2 Å². The molecule has 694 valence electrons. The number of fused-ring (bicyclic) bond motifs is 4. The second kappa shape index (κ2) is 47.3. The fourth-order valence-corrected chi connectivity index (χ4v) is 16.8. The van der Waals surface area contributed by atoms with Crippen LogP contribution in [0.4, 0.5) is 0 Å². The van der Waals surface area contributed by atoms with Gasteiger partial charge in [0.25, 0.3) is 0 Å². The number of guanidine groups is 3. The van der Waals surface area contributed by atoms with Gasteiger partial charge in [-0.1, -0.05) is 113 Å². The number of nitrogens with two attached hydrogens (primary N) is 6. The fraction of sp³-hybridized carbons (Fsp3) is 0.478. The zero-order chi connectivity index (χ0) is 93.0. The minimum Gasteiger partial charge on any atom is -0.370 e. The molecule has 129 heavy (non-hydrogen) atoms. The quantitative estimate of drug-likeness (QED) is 0.0144. The highest BCUT2D eigenvalue weighted by Gasteiger charge is 2.44. The average Bonchev–Trinajstić information content (AvgIpc) is 1.68. The number of hydrogen-bond acceptors (Lipinski definition) is 17. The summed E-state index contributed by atoms with van der Waals surface area (Å²) in [6.45, 7) is 8.06. The molecule has 2 aliphatic heterocycles. The topological polar surface area (TPSA) is 647 Å². The lowest BCUT2D eigenvalue weighted by Crippen LogP contribution is -2.61. The number of aromatic amines is 4. The Bertz CT molecular complexity index is 5270.